The number of primary amides is 1. The average molecular weight is 399 g/mol. The first-order valence-electron chi connectivity index (χ1n) is 9.31. The molecule has 0 bridgehead atoms. The highest BCUT2D eigenvalue weighted by molar-refractivity contribution is 7.98. The van der Waals surface area contributed by atoms with E-state index in [1.165, 1.54) is 35.6 Å². The maximum absolute atomic E-state index is 12.8. The number of nitrogens with zero attached hydrogens (tertiary/aromatic N) is 6. The highest BCUT2D eigenvalue weighted by Gasteiger charge is 2.21. The number of thioether (sulfide) groups is 1. The minimum Gasteiger partial charge on any atom is -0.368 e. The Morgan fingerprint density at radius 1 is 1.21 bits per heavy atom. The van der Waals surface area contributed by atoms with E-state index in [1.54, 1.807) is 18.2 Å². The van der Waals surface area contributed by atoms with Crippen LogP contribution in [0.5, 0.6) is 0 Å². The van der Waals surface area contributed by atoms with Crippen molar-refractivity contribution < 1.29 is 4.79 Å². The number of tetrazole rings is 1. The molecule has 28 heavy (non-hydrogen) atoms. The normalized spacial score (nSPS) is 15.1. The van der Waals surface area contributed by atoms with Gasteiger partial charge < -0.3 is 5.73 Å². The number of rotatable bonds is 6. The number of aromatic nitrogens is 6. The fourth-order valence-electron chi connectivity index (χ4n) is 3.61. The highest BCUT2D eigenvalue weighted by atomic mass is 32.2. The summed E-state index contributed by atoms with van der Waals surface area (Å²) < 4.78 is 3.22. The van der Waals surface area contributed by atoms with Crippen molar-refractivity contribution in [2.75, 3.05) is 0 Å². The molecule has 0 atom stereocenters. The number of carbonyl (C=O) groups is 1. The first-order valence-corrected chi connectivity index (χ1v) is 10.3. The van der Waals surface area contributed by atoms with Crippen molar-refractivity contribution in [2.45, 2.75) is 55.6 Å². The van der Waals surface area contributed by atoms with Gasteiger partial charge in [-0.15, -0.1) is 5.10 Å². The molecular weight excluding hydrogens is 378 g/mol. The Hall–Kier alpha value is -2.75. The van der Waals surface area contributed by atoms with Gasteiger partial charge in [0.05, 0.1) is 22.7 Å². The fraction of sp³-hybridized carbons (Fsp3) is 0.444. The third-order valence-electron chi connectivity index (χ3n) is 4.97. The minimum atomic E-state index is -0.586. The zero-order chi connectivity index (χ0) is 19.5. The van der Waals surface area contributed by atoms with Crippen LogP contribution in [-0.4, -0.2) is 35.7 Å². The largest absolute Gasteiger partial charge is 0.368 e. The lowest BCUT2D eigenvalue weighted by atomic mass is 9.96. The SMILES string of the molecule is NC(=O)Cn1c(CSc2nnnn2C2CCCCC2)nc2ccccc2c1=O. The molecule has 3 aromatic rings. The Kier molecular flexibility index (Phi) is 5.38. The van der Waals surface area contributed by atoms with Gasteiger partial charge in [-0.05, 0) is 35.4 Å². The first-order chi connectivity index (χ1) is 13.6. The first kappa shape index (κ1) is 18.6. The van der Waals surface area contributed by atoms with Crippen LogP contribution >= 0.6 is 11.8 Å². The Labute approximate surface area is 165 Å². The second-order valence-electron chi connectivity index (χ2n) is 6.89. The second kappa shape index (κ2) is 8.09. The molecule has 2 N–H and O–H groups in total. The molecule has 1 fully saturated rings. The van der Waals surface area contributed by atoms with Crippen LogP contribution in [0.3, 0.4) is 0 Å². The van der Waals surface area contributed by atoms with Crippen LogP contribution in [0.25, 0.3) is 10.9 Å². The molecule has 0 spiro atoms. The summed E-state index contributed by atoms with van der Waals surface area (Å²) in [4.78, 5) is 28.9. The van der Waals surface area contributed by atoms with Gasteiger partial charge in [0.15, 0.2) is 0 Å². The summed E-state index contributed by atoms with van der Waals surface area (Å²) >= 11 is 1.41. The van der Waals surface area contributed by atoms with Crippen LogP contribution in [0.2, 0.25) is 0 Å². The van der Waals surface area contributed by atoms with Gasteiger partial charge in [0.25, 0.3) is 5.56 Å². The highest BCUT2D eigenvalue weighted by Crippen LogP contribution is 2.31. The average Bonchev–Trinajstić information content (AvgIpc) is 3.18. The van der Waals surface area contributed by atoms with E-state index in [-0.39, 0.29) is 12.1 Å². The smallest absolute Gasteiger partial charge is 0.261 e. The molecule has 0 saturated heterocycles. The molecule has 1 amide bonds. The lowest BCUT2D eigenvalue weighted by molar-refractivity contribution is -0.118. The van der Waals surface area contributed by atoms with Crippen molar-refractivity contribution in [2.24, 2.45) is 5.73 Å². The molecule has 1 aromatic carbocycles. The van der Waals surface area contributed by atoms with Crippen molar-refractivity contribution in [3.8, 4) is 0 Å². The summed E-state index contributed by atoms with van der Waals surface area (Å²) in [6, 6.07) is 7.39. The maximum Gasteiger partial charge on any atom is 0.261 e. The van der Waals surface area contributed by atoms with Gasteiger partial charge in [0.2, 0.25) is 11.1 Å². The van der Waals surface area contributed by atoms with Gasteiger partial charge >= 0.3 is 0 Å². The maximum atomic E-state index is 12.8. The molecule has 4 rings (SSSR count). The molecule has 0 radical (unpaired) electrons. The quantitative estimate of drug-likeness (QED) is 0.626. The number of hydrogen-bond acceptors (Lipinski definition) is 7. The molecule has 1 aliphatic carbocycles. The number of para-hydroxylation sites is 1. The van der Waals surface area contributed by atoms with Gasteiger partial charge in [-0.1, -0.05) is 43.2 Å². The van der Waals surface area contributed by atoms with Crippen LogP contribution in [0.4, 0.5) is 0 Å². The zero-order valence-electron chi connectivity index (χ0n) is 15.3. The summed E-state index contributed by atoms with van der Waals surface area (Å²) in [7, 11) is 0. The van der Waals surface area contributed by atoms with Crippen molar-refractivity contribution in [1.29, 1.82) is 0 Å². The molecule has 0 unspecified atom stereocenters. The van der Waals surface area contributed by atoms with E-state index in [9.17, 15) is 9.59 Å². The van der Waals surface area contributed by atoms with Crippen LogP contribution in [0.15, 0.2) is 34.2 Å². The van der Waals surface area contributed by atoms with Crippen molar-refractivity contribution in [1.82, 2.24) is 29.8 Å². The van der Waals surface area contributed by atoms with Crippen LogP contribution in [-0.2, 0) is 17.1 Å². The molecule has 0 aliphatic heterocycles. The van der Waals surface area contributed by atoms with Gasteiger partial charge in [-0.25, -0.2) is 9.67 Å². The van der Waals surface area contributed by atoms with E-state index in [2.05, 4.69) is 20.5 Å². The van der Waals surface area contributed by atoms with E-state index < -0.39 is 5.91 Å². The summed E-state index contributed by atoms with van der Waals surface area (Å²) in [5.74, 6) is 0.253. The molecule has 2 aromatic heterocycles. The predicted octanol–water partition coefficient (Wildman–Crippen LogP) is 1.67. The standard InChI is InChI=1S/C18H21N7O2S/c19-15(26)10-24-16(20-14-9-5-4-8-13(14)17(24)27)11-28-18-21-22-23-25(18)12-6-2-1-3-7-12/h4-5,8-9,12H,1-3,6-7,10-11H2,(H2,19,26). The number of amides is 1. The lowest BCUT2D eigenvalue weighted by Gasteiger charge is -2.22. The van der Waals surface area contributed by atoms with Crippen LogP contribution in [0.1, 0.15) is 44.0 Å². The Balaban J connectivity index is 1.64. The Morgan fingerprint density at radius 3 is 2.79 bits per heavy atom. The third kappa shape index (κ3) is 3.77. The van der Waals surface area contributed by atoms with Crippen molar-refractivity contribution >= 4 is 28.6 Å². The van der Waals surface area contributed by atoms with Crippen molar-refractivity contribution in [3.63, 3.8) is 0 Å². The lowest BCUT2D eigenvalue weighted by Crippen LogP contribution is -2.31. The number of hydrogen-bond donors (Lipinski definition) is 1. The van der Waals surface area contributed by atoms with Gasteiger partial charge in [-0.2, -0.15) is 0 Å². The van der Waals surface area contributed by atoms with Crippen LogP contribution < -0.4 is 11.3 Å². The molecule has 10 heteroatoms. The van der Waals surface area contributed by atoms with Crippen LogP contribution in [0, 0.1) is 0 Å². The van der Waals surface area contributed by atoms with E-state index in [0.717, 1.165) is 12.8 Å². The number of nitrogens with two attached hydrogens (primary N) is 1. The van der Waals surface area contributed by atoms with E-state index in [0.29, 0.717) is 33.7 Å². The summed E-state index contributed by atoms with van der Waals surface area (Å²) in [5, 5.41) is 13.3. The number of carbonyl (C=O) groups excluding carboxylic acids is 1. The predicted molar refractivity (Wildman–Crippen MR) is 105 cm³/mol. The van der Waals surface area contributed by atoms with Gasteiger partial charge in [0, 0.05) is 0 Å². The second-order valence-corrected chi connectivity index (χ2v) is 7.83. The van der Waals surface area contributed by atoms with Gasteiger partial charge in [-0.3, -0.25) is 14.2 Å². The third-order valence-corrected chi connectivity index (χ3v) is 5.90. The Bertz CT molecular complexity index is 1060. The topological polar surface area (TPSA) is 122 Å². The number of fused-ring (bicyclic) bond motifs is 1. The molecule has 1 aliphatic rings. The van der Waals surface area contributed by atoms with Gasteiger partial charge in [0.1, 0.15) is 12.4 Å². The van der Waals surface area contributed by atoms with E-state index >= 15 is 0 Å². The fourth-order valence-corrected chi connectivity index (χ4v) is 4.50. The molecule has 9 nitrogen and oxygen atoms in total. The summed E-state index contributed by atoms with van der Waals surface area (Å²) in [6.07, 6.45) is 5.75. The Morgan fingerprint density at radius 2 is 2.00 bits per heavy atom. The monoisotopic (exact) mass is 399 g/mol. The number of benzene rings is 1. The van der Waals surface area contributed by atoms with Crippen molar-refractivity contribution in [3.05, 3.63) is 40.4 Å². The minimum absolute atomic E-state index is 0.208. The van der Waals surface area contributed by atoms with E-state index in [4.69, 9.17) is 5.73 Å². The van der Waals surface area contributed by atoms with E-state index in [1.807, 2.05) is 10.7 Å². The zero-order valence-corrected chi connectivity index (χ0v) is 16.1. The summed E-state index contributed by atoms with van der Waals surface area (Å²) in [5.41, 5.74) is 5.67. The molecule has 1 saturated carbocycles. The summed E-state index contributed by atoms with van der Waals surface area (Å²) in [6.45, 7) is -0.208. The molecule has 2 heterocycles. The molecular formula is C18H21N7O2S. The molecule has 146 valence electrons.